The maximum absolute atomic E-state index is 12.1. The van der Waals surface area contributed by atoms with Gasteiger partial charge in [-0.25, -0.2) is 0 Å². The molecule has 0 aliphatic carbocycles. The molecule has 0 unspecified atom stereocenters. The molecule has 0 radical (unpaired) electrons. The van der Waals surface area contributed by atoms with Crippen molar-refractivity contribution in [2.75, 3.05) is 18.9 Å². The van der Waals surface area contributed by atoms with Crippen molar-refractivity contribution >= 4 is 34.8 Å². The standard InChI is InChI=1S/C17H18Cl2N2O/c1-12-6-3-4-7-13(12)10-21(2)11-16(22)20-15-9-5-8-14(18)17(15)19/h3-9H,10-11H2,1-2H3,(H,20,22). The molecule has 0 aliphatic rings. The van der Waals surface area contributed by atoms with Gasteiger partial charge in [-0.05, 0) is 37.2 Å². The summed E-state index contributed by atoms with van der Waals surface area (Å²) >= 11 is 12.0. The van der Waals surface area contributed by atoms with E-state index in [0.29, 0.717) is 22.3 Å². The van der Waals surface area contributed by atoms with E-state index in [1.807, 2.05) is 24.1 Å². The minimum absolute atomic E-state index is 0.125. The molecule has 0 atom stereocenters. The Hall–Kier alpha value is -1.55. The summed E-state index contributed by atoms with van der Waals surface area (Å²) in [5.74, 6) is -0.125. The third-order valence-electron chi connectivity index (χ3n) is 3.34. The second kappa shape index (κ2) is 7.63. The van der Waals surface area contributed by atoms with Gasteiger partial charge in [-0.3, -0.25) is 9.69 Å². The molecule has 0 spiro atoms. The van der Waals surface area contributed by atoms with Crippen LogP contribution in [0.25, 0.3) is 0 Å². The molecule has 0 saturated carbocycles. The monoisotopic (exact) mass is 336 g/mol. The van der Waals surface area contributed by atoms with Gasteiger partial charge in [-0.2, -0.15) is 0 Å². The lowest BCUT2D eigenvalue weighted by atomic mass is 10.1. The SMILES string of the molecule is Cc1ccccc1CN(C)CC(=O)Nc1cccc(Cl)c1Cl. The Kier molecular flexibility index (Phi) is 5.83. The Balaban J connectivity index is 1.94. The third-order valence-corrected chi connectivity index (χ3v) is 4.16. The van der Waals surface area contributed by atoms with E-state index in [9.17, 15) is 4.79 Å². The van der Waals surface area contributed by atoms with Gasteiger partial charge in [0.25, 0.3) is 0 Å². The number of amides is 1. The molecule has 116 valence electrons. The highest BCUT2D eigenvalue weighted by atomic mass is 35.5. The lowest BCUT2D eigenvalue weighted by molar-refractivity contribution is -0.117. The first-order valence-electron chi connectivity index (χ1n) is 6.94. The van der Waals surface area contributed by atoms with Crippen molar-refractivity contribution in [1.29, 1.82) is 0 Å². The lowest BCUT2D eigenvalue weighted by Crippen LogP contribution is -2.30. The zero-order chi connectivity index (χ0) is 16.1. The molecule has 0 aromatic heterocycles. The van der Waals surface area contributed by atoms with E-state index < -0.39 is 0 Å². The summed E-state index contributed by atoms with van der Waals surface area (Å²) in [6, 6.07) is 13.3. The van der Waals surface area contributed by atoms with Crippen molar-refractivity contribution in [2.24, 2.45) is 0 Å². The maximum atomic E-state index is 12.1. The molecule has 0 bridgehead atoms. The van der Waals surface area contributed by atoms with Crippen LogP contribution >= 0.6 is 23.2 Å². The smallest absolute Gasteiger partial charge is 0.238 e. The van der Waals surface area contributed by atoms with Gasteiger partial charge in [0.15, 0.2) is 0 Å². The number of carbonyl (C=O) groups is 1. The van der Waals surface area contributed by atoms with Crippen molar-refractivity contribution < 1.29 is 4.79 Å². The number of nitrogens with one attached hydrogen (secondary N) is 1. The van der Waals surface area contributed by atoms with Gasteiger partial charge in [0.05, 0.1) is 22.3 Å². The van der Waals surface area contributed by atoms with E-state index >= 15 is 0 Å². The average molecular weight is 337 g/mol. The van der Waals surface area contributed by atoms with Crippen LogP contribution in [-0.2, 0) is 11.3 Å². The number of nitrogens with zero attached hydrogens (tertiary/aromatic N) is 1. The molecule has 22 heavy (non-hydrogen) atoms. The second-order valence-corrected chi connectivity index (χ2v) is 6.03. The Labute approximate surface area is 140 Å². The first kappa shape index (κ1) is 16.8. The zero-order valence-electron chi connectivity index (χ0n) is 12.6. The van der Waals surface area contributed by atoms with E-state index in [1.165, 1.54) is 11.1 Å². The topological polar surface area (TPSA) is 32.3 Å². The lowest BCUT2D eigenvalue weighted by Gasteiger charge is -2.18. The van der Waals surface area contributed by atoms with Crippen molar-refractivity contribution in [3.8, 4) is 0 Å². The van der Waals surface area contributed by atoms with E-state index in [1.54, 1.807) is 18.2 Å². The van der Waals surface area contributed by atoms with Gasteiger partial charge in [-0.15, -0.1) is 0 Å². The summed E-state index contributed by atoms with van der Waals surface area (Å²) in [7, 11) is 1.91. The zero-order valence-corrected chi connectivity index (χ0v) is 14.1. The normalized spacial score (nSPS) is 10.8. The summed E-state index contributed by atoms with van der Waals surface area (Å²) in [5.41, 5.74) is 2.95. The van der Waals surface area contributed by atoms with Crippen LogP contribution in [-0.4, -0.2) is 24.4 Å². The molecule has 2 aromatic rings. The summed E-state index contributed by atoms with van der Waals surface area (Å²) in [5, 5.41) is 3.57. The summed E-state index contributed by atoms with van der Waals surface area (Å²) < 4.78 is 0. The van der Waals surface area contributed by atoms with Crippen molar-refractivity contribution in [1.82, 2.24) is 4.90 Å². The molecule has 0 fully saturated rings. The van der Waals surface area contributed by atoms with Gasteiger partial charge in [0.2, 0.25) is 5.91 Å². The number of hydrogen-bond donors (Lipinski definition) is 1. The van der Waals surface area contributed by atoms with Crippen LogP contribution in [0.1, 0.15) is 11.1 Å². The Bertz CT molecular complexity index is 673. The van der Waals surface area contributed by atoms with E-state index in [4.69, 9.17) is 23.2 Å². The van der Waals surface area contributed by atoms with Crippen molar-refractivity contribution in [3.63, 3.8) is 0 Å². The van der Waals surface area contributed by atoms with Gasteiger partial charge >= 0.3 is 0 Å². The first-order chi connectivity index (χ1) is 10.5. The highest BCUT2D eigenvalue weighted by Crippen LogP contribution is 2.29. The molecule has 1 N–H and O–H groups in total. The predicted octanol–water partition coefficient (Wildman–Crippen LogP) is 4.37. The molecule has 0 aliphatic heterocycles. The van der Waals surface area contributed by atoms with Crippen LogP contribution in [0.2, 0.25) is 10.0 Å². The first-order valence-corrected chi connectivity index (χ1v) is 7.70. The predicted molar refractivity (Wildman–Crippen MR) is 92.6 cm³/mol. The molecule has 2 aromatic carbocycles. The van der Waals surface area contributed by atoms with Gasteiger partial charge < -0.3 is 5.32 Å². The van der Waals surface area contributed by atoms with Crippen LogP contribution in [0.4, 0.5) is 5.69 Å². The maximum Gasteiger partial charge on any atom is 0.238 e. The Morgan fingerprint density at radius 1 is 1.14 bits per heavy atom. The second-order valence-electron chi connectivity index (χ2n) is 5.25. The van der Waals surface area contributed by atoms with Crippen LogP contribution in [0.15, 0.2) is 42.5 Å². The molecule has 1 amide bonds. The molecule has 0 saturated heterocycles. The number of anilines is 1. The molecular formula is C17H18Cl2N2O. The number of hydrogen-bond acceptors (Lipinski definition) is 2. The summed E-state index contributed by atoms with van der Waals surface area (Å²) in [6.07, 6.45) is 0. The fourth-order valence-electron chi connectivity index (χ4n) is 2.17. The number of benzene rings is 2. The summed E-state index contributed by atoms with van der Waals surface area (Å²) in [4.78, 5) is 14.1. The molecule has 5 heteroatoms. The van der Waals surface area contributed by atoms with Gasteiger partial charge in [-0.1, -0.05) is 53.5 Å². The fraction of sp³-hybridized carbons (Fsp3) is 0.235. The van der Waals surface area contributed by atoms with Crippen molar-refractivity contribution in [2.45, 2.75) is 13.5 Å². The minimum Gasteiger partial charge on any atom is -0.324 e. The molecular weight excluding hydrogens is 319 g/mol. The minimum atomic E-state index is -0.125. The number of carbonyl (C=O) groups excluding carboxylic acids is 1. The van der Waals surface area contributed by atoms with Crippen molar-refractivity contribution in [3.05, 3.63) is 63.6 Å². The molecule has 0 heterocycles. The van der Waals surface area contributed by atoms with Crippen LogP contribution in [0, 0.1) is 6.92 Å². The summed E-state index contributed by atoms with van der Waals surface area (Å²) in [6.45, 7) is 3.05. The van der Waals surface area contributed by atoms with Crippen LogP contribution < -0.4 is 5.32 Å². The van der Waals surface area contributed by atoms with Gasteiger partial charge in [0.1, 0.15) is 0 Å². The number of likely N-dealkylation sites (N-methyl/N-ethyl adjacent to an activating group) is 1. The van der Waals surface area contributed by atoms with Gasteiger partial charge in [0, 0.05) is 6.54 Å². The third kappa shape index (κ3) is 4.47. The Morgan fingerprint density at radius 3 is 2.59 bits per heavy atom. The molecule has 2 rings (SSSR count). The molecule has 3 nitrogen and oxygen atoms in total. The quantitative estimate of drug-likeness (QED) is 0.879. The number of halogens is 2. The van der Waals surface area contributed by atoms with E-state index in [2.05, 4.69) is 24.4 Å². The highest BCUT2D eigenvalue weighted by Gasteiger charge is 2.11. The number of rotatable bonds is 5. The van der Waals surface area contributed by atoms with Crippen LogP contribution in [0.3, 0.4) is 0 Å². The fourth-order valence-corrected chi connectivity index (χ4v) is 2.52. The average Bonchev–Trinajstić information content (AvgIpc) is 2.46. The Morgan fingerprint density at radius 2 is 1.86 bits per heavy atom. The van der Waals surface area contributed by atoms with Crippen LogP contribution in [0.5, 0.6) is 0 Å². The van der Waals surface area contributed by atoms with E-state index in [0.717, 1.165) is 0 Å². The highest BCUT2D eigenvalue weighted by molar-refractivity contribution is 6.43. The number of aryl methyl sites for hydroxylation is 1. The largest absolute Gasteiger partial charge is 0.324 e. The van der Waals surface area contributed by atoms with E-state index in [-0.39, 0.29) is 12.5 Å².